The zero-order valence-corrected chi connectivity index (χ0v) is 33.9. The van der Waals surface area contributed by atoms with Gasteiger partial charge in [0.15, 0.2) is 0 Å². The Morgan fingerprint density at radius 3 is 2.60 bits per heavy atom. The van der Waals surface area contributed by atoms with Crippen molar-refractivity contribution >= 4 is 34.2 Å². The third kappa shape index (κ3) is 10.0. The number of aldehydes is 1. The van der Waals surface area contributed by atoms with Gasteiger partial charge in [-0.05, 0) is 94.3 Å². The quantitative estimate of drug-likeness (QED) is 0.0519. The molecule has 1 fully saturated rings. The molecule has 1 saturated heterocycles. The van der Waals surface area contributed by atoms with Crippen molar-refractivity contribution in [2.45, 2.75) is 91.7 Å². The van der Waals surface area contributed by atoms with Gasteiger partial charge in [-0.15, -0.1) is 17.9 Å². The van der Waals surface area contributed by atoms with Crippen LogP contribution in [-0.4, -0.2) is 72.6 Å². The number of nitrogens with one attached hydrogen (secondary N) is 1. The predicted molar refractivity (Wildman–Crippen MR) is 224 cm³/mol. The first-order chi connectivity index (χ1) is 25.6. The summed E-state index contributed by atoms with van der Waals surface area (Å²) in [5.74, 6) is 0.436. The van der Waals surface area contributed by atoms with Gasteiger partial charge in [-0.3, -0.25) is 4.98 Å². The van der Waals surface area contributed by atoms with Gasteiger partial charge in [-0.2, -0.15) is 0 Å². The van der Waals surface area contributed by atoms with Gasteiger partial charge >= 0.3 is 0 Å². The molecule has 0 amide bonds. The number of aryl methyl sites for hydroxylation is 1. The minimum atomic E-state index is -0.156. The summed E-state index contributed by atoms with van der Waals surface area (Å²) in [6.07, 6.45) is 14.3. The fourth-order valence-electron chi connectivity index (χ4n) is 7.76. The van der Waals surface area contributed by atoms with Gasteiger partial charge in [-0.1, -0.05) is 39.0 Å². The van der Waals surface area contributed by atoms with Crippen LogP contribution in [0.25, 0.3) is 33.4 Å². The first kappa shape index (κ1) is 40.4. The molecule has 1 aromatic carbocycles. The van der Waals surface area contributed by atoms with Crippen LogP contribution in [0.15, 0.2) is 61.3 Å². The van der Waals surface area contributed by atoms with E-state index in [4.69, 9.17) is 14.7 Å². The number of piperazine rings is 1. The standard InChI is InChI=1S/C44H62N6O2S/c1-9-12-19-44(5,6)28-38-36-26-34(39-31-53-41(47-39)25-33(29-45-10-2)16-14-13-15-24-51)17-18-40(36)50(11-3)43(38)37-27-35(30-46-42(37)32(4)52-8)49-22-20-48(7)21-23-49/h9-10,17-18,24,26-27,30-33,45H,1-2,11-16,19-23,25,28-29H2,3-8H3. The number of fused-ring (bicyclic) bond motifs is 1. The molecule has 2 atom stereocenters. The van der Waals surface area contributed by atoms with Crippen molar-refractivity contribution in [3.8, 4) is 22.5 Å². The van der Waals surface area contributed by atoms with Crippen LogP contribution in [0.4, 0.5) is 5.69 Å². The van der Waals surface area contributed by atoms with Crippen LogP contribution in [0.5, 0.6) is 0 Å². The van der Waals surface area contributed by atoms with E-state index in [1.165, 1.54) is 27.8 Å². The molecular formula is C44H62N6O2S. The van der Waals surface area contributed by atoms with Crippen LogP contribution < -0.4 is 10.2 Å². The molecule has 0 bridgehead atoms. The monoisotopic (exact) mass is 738 g/mol. The first-order valence-corrected chi connectivity index (χ1v) is 20.5. The number of carbonyl (C=O) groups excluding carboxylic acids is 1. The van der Waals surface area contributed by atoms with Crippen molar-refractivity contribution in [1.82, 2.24) is 24.8 Å². The largest absolute Gasteiger partial charge is 0.391 e. The van der Waals surface area contributed by atoms with E-state index < -0.39 is 0 Å². The summed E-state index contributed by atoms with van der Waals surface area (Å²) >= 11 is 1.75. The Morgan fingerprint density at radius 1 is 1.11 bits per heavy atom. The van der Waals surface area contributed by atoms with Gasteiger partial charge < -0.3 is 29.2 Å². The number of thiazole rings is 1. The lowest BCUT2D eigenvalue weighted by atomic mass is 9.80. The van der Waals surface area contributed by atoms with Crippen LogP contribution in [0.3, 0.4) is 0 Å². The summed E-state index contributed by atoms with van der Waals surface area (Å²) in [5, 5.41) is 7.96. The molecule has 4 aromatic rings. The van der Waals surface area contributed by atoms with Crippen LogP contribution in [0.1, 0.15) is 88.6 Å². The Labute approximate surface area is 322 Å². The number of likely N-dealkylation sites (N-methyl/N-ethyl adjacent to an activating group) is 1. The molecule has 0 spiro atoms. The van der Waals surface area contributed by atoms with E-state index in [1.807, 2.05) is 12.3 Å². The summed E-state index contributed by atoms with van der Waals surface area (Å²) < 4.78 is 8.47. The molecule has 0 aliphatic carbocycles. The van der Waals surface area contributed by atoms with Crippen LogP contribution in [-0.2, 0) is 28.9 Å². The third-order valence-electron chi connectivity index (χ3n) is 11.0. The Balaban J connectivity index is 1.61. The highest BCUT2D eigenvalue weighted by Crippen LogP contribution is 2.43. The molecule has 53 heavy (non-hydrogen) atoms. The number of anilines is 1. The summed E-state index contributed by atoms with van der Waals surface area (Å²) in [5.41, 5.74) is 9.38. The molecule has 2 unspecified atom stereocenters. The van der Waals surface area contributed by atoms with Gasteiger partial charge in [0.05, 0.1) is 40.1 Å². The number of ether oxygens (including phenoxy) is 1. The van der Waals surface area contributed by atoms with E-state index >= 15 is 0 Å². The third-order valence-corrected chi connectivity index (χ3v) is 11.8. The second kappa shape index (κ2) is 19.0. The molecule has 0 radical (unpaired) electrons. The van der Waals surface area contributed by atoms with Crippen molar-refractivity contribution < 1.29 is 9.53 Å². The Hall–Kier alpha value is -3.79. The normalized spacial score (nSPS) is 15.1. The number of pyridine rings is 1. The molecule has 4 heterocycles. The zero-order chi connectivity index (χ0) is 38.0. The minimum absolute atomic E-state index is 0.0509. The average molecular weight is 739 g/mol. The smallest absolute Gasteiger partial charge is 0.119 e. The second-order valence-corrected chi connectivity index (χ2v) is 16.5. The highest BCUT2D eigenvalue weighted by molar-refractivity contribution is 7.09. The molecule has 286 valence electrons. The minimum Gasteiger partial charge on any atom is -0.391 e. The van der Waals surface area contributed by atoms with E-state index in [9.17, 15) is 4.79 Å². The maximum atomic E-state index is 10.9. The highest BCUT2D eigenvalue weighted by atomic mass is 32.1. The maximum absolute atomic E-state index is 10.9. The number of allylic oxidation sites excluding steroid dienone is 1. The van der Waals surface area contributed by atoms with E-state index in [1.54, 1.807) is 24.6 Å². The first-order valence-electron chi connectivity index (χ1n) is 19.6. The van der Waals surface area contributed by atoms with E-state index in [-0.39, 0.29) is 11.5 Å². The van der Waals surface area contributed by atoms with Crippen molar-refractivity contribution in [3.05, 3.63) is 77.5 Å². The van der Waals surface area contributed by atoms with Gasteiger partial charge in [0.1, 0.15) is 6.29 Å². The lowest BCUT2D eigenvalue weighted by Gasteiger charge is -2.34. The number of nitrogens with zero attached hydrogens (tertiary/aromatic N) is 5. The fraction of sp³-hybridized carbons (Fsp3) is 0.523. The van der Waals surface area contributed by atoms with Crippen molar-refractivity contribution in [2.24, 2.45) is 11.3 Å². The molecule has 8 nitrogen and oxygen atoms in total. The number of unbranched alkanes of at least 4 members (excludes halogenated alkanes) is 2. The van der Waals surface area contributed by atoms with Crippen molar-refractivity contribution in [3.63, 3.8) is 0 Å². The molecule has 3 aromatic heterocycles. The van der Waals surface area contributed by atoms with Gasteiger partial charge in [0.2, 0.25) is 0 Å². The van der Waals surface area contributed by atoms with E-state index in [2.05, 4.69) is 97.2 Å². The Morgan fingerprint density at radius 2 is 1.91 bits per heavy atom. The maximum Gasteiger partial charge on any atom is 0.119 e. The number of aromatic nitrogens is 3. The fourth-order valence-corrected chi connectivity index (χ4v) is 8.68. The van der Waals surface area contributed by atoms with Gasteiger partial charge in [0.25, 0.3) is 0 Å². The van der Waals surface area contributed by atoms with Crippen molar-refractivity contribution in [2.75, 3.05) is 51.8 Å². The topological polar surface area (TPSA) is 75.5 Å². The summed E-state index contributed by atoms with van der Waals surface area (Å²) in [4.78, 5) is 26.1. The molecule has 1 aliphatic heterocycles. The Bertz CT molecular complexity index is 1820. The highest BCUT2D eigenvalue weighted by Gasteiger charge is 2.29. The molecule has 0 saturated carbocycles. The van der Waals surface area contributed by atoms with Crippen LogP contribution in [0.2, 0.25) is 0 Å². The summed E-state index contributed by atoms with van der Waals surface area (Å²) in [7, 11) is 3.98. The van der Waals surface area contributed by atoms with E-state index in [0.717, 1.165) is 118 Å². The van der Waals surface area contributed by atoms with Crippen molar-refractivity contribution in [1.29, 1.82) is 0 Å². The summed E-state index contributed by atoms with van der Waals surface area (Å²) in [6, 6.07) is 9.32. The summed E-state index contributed by atoms with van der Waals surface area (Å²) in [6.45, 7) is 22.8. The molecule has 9 heteroatoms. The number of carbonyl (C=O) groups is 1. The second-order valence-electron chi connectivity index (χ2n) is 15.5. The number of hydrogen-bond donors (Lipinski definition) is 1. The zero-order valence-electron chi connectivity index (χ0n) is 33.1. The molecule has 1 aliphatic rings. The number of rotatable bonds is 21. The molecule has 1 N–H and O–H groups in total. The van der Waals surface area contributed by atoms with Gasteiger partial charge in [-0.25, -0.2) is 4.98 Å². The van der Waals surface area contributed by atoms with Crippen LogP contribution >= 0.6 is 11.3 Å². The SMILES string of the molecule is C=CCCC(C)(C)Cc1c(-c2cc(N3CCN(C)CC3)cnc2C(C)OC)n(CC)c2ccc(-c3csc(CC(CCCCC=O)CNC=C)n3)cc12. The number of hydrogen-bond acceptors (Lipinski definition) is 8. The van der Waals surface area contributed by atoms with E-state index in [0.29, 0.717) is 12.3 Å². The predicted octanol–water partition coefficient (Wildman–Crippen LogP) is 9.49. The molecular weight excluding hydrogens is 677 g/mol. The average Bonchev–Trinajstić information content (AvgIpc) is 3.75. The van der Waals surface area contributed by atoms with Gasteiger partial charge in [0, 0.05) is 86.6 Å². The lowest BCUT2D eigenvalue weighted by molar-refractivity contribution is -0.107. The molecule has 5 rings (SSSR count). The lowest BCUT2D eigenvalue weighted by Crippen LogP contribution is -2.44. The number of benzene rings is 1. The Kier molecular flexibility index (Phi) is 14.5. The number of methoxy groups -OCH3 is 1. The van der Waals surface area contributed by atoms with Crippen LogP contribution in [0, 0.1) is 11.3 Å².